The van der Waals surface area contributed by atoms with Crippen LogP contribution in [0.3, 0.4) is 0 Å². The maximum absolute atomic E-state index is 6.15. The highest BCUT2D eigenvalue weighted by atomic mass is 79.9. The Hall–Kier alpha value is -0.250. The fourth-order valence-electron chi connectivity index (χ4n) is 2.46. The number of likely N-dealkylation sites (tertiary alicyclic amines) is 1. The van der Waals surface area contributed by atoms with Gasteiger partial charge in [-0.1, -0.05) is 15.9 Å². The predicted octanol–water partition coefficient (Wildman–Crippen LogP) is 4.17. The second kappa shape index (κ2) is 7.51. The molecule has 19 heavy (non-hydrogen) atoms. The van der Waals surface area contributed by atoms with E-state index in [-0.39, 0.29) is 0 Å². The molecule has 0 spiro atoms. The number of piperidine rings is 1. The van der Waals surface area contributed by atoms with E-state index >= 15 is 0 Å². The number of ether oxygens (including phenoxy) is 1. The van der Waals surface area contributed by atoms with Crippen molar-refractivity contribution in [1.29, 1.82) is 0 Å². The van der Waals surface area contributed by atoms with Gasteiger partial charge in [-0.15, -0.1) is 11.6 Å². The Labute approximate surface area is 129 Å². The fraction of sp³-hybridized carbons (Fsp3) is 0.600. The smallest absolute Gasteiger partial charge is 0.119 e. The first-order chi connectivity index (χ1) is 9.15. The summed E-state index contributed by atoms with van der Waals surface area (Å²) < 4.78 is 6.83. The second-order valence-corrected chi connectivity index (χ2v) is 6.76. The molecule has 1 aliphatic heterocycles. The summed E-state index contributed by atoms with van der Waals surface area (Å²) in [7, 11) is 0. The number of alkyl halides is 1. The van der Waals surface area contributed by atoms with Crippen molar-refractivity contribution < 1.29 is 4.74 Å². The van der Waals surface area contributed by atoms with Crippen molar-refractivity contribution in [2.24, 2.45) is 5.92 Å². The van der Waals surface area contributed by atoms with Crippen molar-refractivity contribution in [1.82, 2.24) is 4.90 Å². The van der Waals surface area contributed by atoms with Crippen LogP contribution in [0.4, 0.5) is 0 Å². The maximum Gasteiger partial charge on any atom is 0.119 e. The Balaban J connectivity index is 1.65. The molecular weight excluding hydrogens is 326 g/mol. The molecule has 1 atom stereocenters. The van der Waals surface area contributed by atoms with Crippen LogP contribution in [-0.4, -0.2) is 36.5 Å². The normalized spacial score (nSPS) is 19.3. The topological polar surface area (TPSA) is 12.5 Å². The quantitative estimate of drug-likeness (QED) is 0.742. The van der Waals surface area contributed by atoms with E-state index in [2.05, 4.69) is 27.8 Å². The van der Waals surface area contributed by atoms with Crippen LogP contribution in [0.5, 0.6) is 5.75 Å². The molecule has 1 heterocycles. The number of rotatable bonds is 5. The zero-order valence-electron chi connectivity index (χ0n) is 11.3. The molecule has 1 aromatic carbocycles. The van der Waals surface area contributed by atoms with Crippen LogP contribution in [0.2, 0.25) is 0 Å². The van der Waals surface area contributed by atoms with E-state index in [1.165, 1.54) is 12.8 Å². The molecule has 0 amide bonds. The largest absolute Gasteiger partial charge is 0.492 e. The van der Waals surface area contributed by atoms with Gasteiger partial charge >= 0.3 is 0 Å². The molecule has 2 rings (SSSR count). The first kappa shape index (κ1) is 15.1. The Morgan fingerprint density at radius 1 is 1.32 bits per heavy atom. The Bertz CT molecular complexity index is 374. The molecule has 0 radical (unpaired) electrons. The third-order valence-electron chi connectivity index (χ3n) is 3.77. The third-order valence-corrected chi connectivity index (χ3v) is 4.66. The van der Waals surface area contributed by atoms with Crippen molar-refractivity contribution >= 4 is 27.5 Å². The summed E-state index contributed by atoms with van der Waals surface area (Å²) in [4.78, 5) is 2.47. The first-order valence-electron chi connectivity index (χ1n) is 6.90. The average molecular weight is 347 g/mol. The molecule has 1 aromatic rings. The van der Waals surface area contributed by atoms with Gasteiger partial charge in [-0.25, -0.2) is 0 Å². The van der Waals surface area contributed by atoms with Gasteiger partial charge in [0.15, 0.2) is 0 Å². The Morgan fingerprint density at radius 2 is 1.95 bits per heavy atom. The summed E-state index contributed by atoms with van der Waals surface area (Å²) in [5.74, 6) is 1.62. The molecule has 1 aliphatic rings. The van der Waals surface area contributed by atoms with Crippen LogP contribution in [-0.2, 0) is 0 Å². The van der Waals surface area contributed by atoms with Gasteiger partial charge in [0.05, 0.1) is 0 Å². The van der Waals surface area contributed by atoms with Gasteiger partial charge in [0.2, 0.25) is 0 Å². The van der Waals surface area contributed by atoms with E-state index in [0.29, 0.717) is 11.3 Å². The van der Waals surface area contributed by atoms with Crippen molar-refractivity contribution in [2.75, 3.05) is 26.2 Å². The zero-order valence-corrected chi connectivity index (χ0v) is 13.7. The lowest BCUT2D eigenvalue weighted by Crippen LogP contribution is -2.38. The SMILES string of the molecule is CC(Cl)C1CCN(CCOc2ccc(Br)cc2)CC1. The molecule has 0 aromatic heterocycles. The van der Waals surface area contributed by atoms with Crippen molar-refractivity contribution in [3.63, 3.8) is 0 Å². The van der Waals surface area contributed by atoms with Crippen LogP contribution in [0.15, 0.2) is 28.7 Å². The van der Waals surface area contributed by atoms with Crippen molar-refractivity contribution in [2.45, 2.75) is 25.1 Å². The molecule has 1 saturated heterocycles. The predicted molar refractivity (Wildman–Crippen MR) is 84.1 cm³/mol. The van der Waals surface area contributed by atoms with Crippen LogP contribution in [0.25, 0.3) is 0 Å². The first-order valence-corrected chi connectivity index (χ1v) is 8.13. The Morgan fingerprint density at radius 3 is 2.53 bits per heavy atom. The number of halogens is 2. The summed E-state index contributed by atoms with van der Waals surface area (Å²) >= 11 is 9.57. The summed E-state index contributed by atoms with van der Waals surface area (Å²) in [6.07, 6.45) is 2.42. The van der Waals surface area contributed by atoms with E-state index in [1.54, 1.807) is 0 Å². The minimum atomic E-state index is 0.307. The maximum atomic E-state index is 6.15. The van der Waals surface area contributed by atoms with Crippen LogP contribution < -0.4 is 4.74 Å². The molecule has 4 heteroatoms. The number of nitrogens with zero attached hydrogens (tertiary/aromatic N) is 1. The number of benzene rings is 1. The summed E-state index contributed by atoms with van der Waals surface area (Å²) in [5, 5.41) is 0.307. The summed E-state index contributed by atoms with van der Waals surface area (Å²) in [6, 6.07) is 7.99. The van der Waals surface area contributed by atoms with E-state index in [9.17, 15) is 0 Å². The molecular formula is C15H21BrClNO. The van der Waals surface area contributed by atoms with Crippen molar-refractivity contribution in [3.05, 3.63) is 28.7 Å². The van der Waals surface area contributed by atoms with E-state index < -0.39 is 0 Å². The molecule has 106 valence electrons. The molecule has 1 unspecified atom stereocenters. The second-order valence-electron chi connectivity index (χ2n) is 5.16. The van der Waals surface area contributed by atoms with E-state index in [4.69, 9.17) is 16.3 Å². The molecule has 0 N–H and O–H groups in total. The number of hydrogen-bond acceptors (Lipinski definition) is 2. The lowest BCUT2D eigenvalue weighted by molar-refractivity contribution is 0.154. The highest BCUT2D eigenvalue weighted by Gasteiger charge is 2.22. The number of hydrogen-bond donors (Lipinski definition) is 0. The van der Waals surface area contributed by atoms with Crippen LogP contribution in [0.1, 0.15) is 19.8 Å². The van der Waals surface area contributed by atoms with Crippen LogP contribution >= 0.6 is 27.5 Å². The molecule has 0 saturated carbocycles. The van der Waals surface area contributed by atoms with Gasteiger partial charge in [-0.2, -0.15) is 0 Å². The standard InChI is InChI=1S/C15H21BrClNO/c1-12(17)13-6-8-18(9-7-13)10-11-19-15-4-2-14(16)3-5-15/h2-5,12-13H,6-11H2,1H3. The lowest BCUT2D eigenvalue weighted by Gasteiger charge is -2.32. The van der Waals surface area contributed by atoms with Crippen molar-refractivity contribution in [3.8, 4) is 5.75 Å². The van der Waals surface area contributed by atoms with Gasteiger partial charge in [0, 0.05) is 16.4 Å². The van der Waals surface area contributed by atoms with E-state index in [1.807, 2.05) is 24.3 Å². The minimum Gasteiger partial charge on any atom is -0.492 e. The highest BCUT2D eigenvalue weighted by molar-refractivity contribution is 9.10. The molecule has 1 fully saturated rings. The van der Waals surface area contributed by atoms with Gasteiger partial charge in [0.25, 0.3) is 0 Å². The molecule has 2 nitrogen and oxygen atoms in total. The molecule has 0 aliphatic carbocycles. The van der Waals surface area contributed by atoms with Gasteiger partial charge in [0.1, 0.15) is 12.4 Å². The lowest BCUT2D eigenvalue weighted by atomic mass is 9.94. The Kier molecular flexibility index (Phi) is 5.99. The minimum absolute atomic E-state index is 0.307. The summed E-state index contributed by atoms with van der Waals surface area (Å²) in [5.41, 5.74) is 0. The monoisotopic (exact) mass is 345 g/mol. The van der Waals surface area contributed by atoms with E-state index in [0.717, 1.165) is 36.5 Å². The van der Waals surface area contributed by atoms with Gasteiger partial charge in [-0.05, 0) is 63.0 Å². The highest BCUT2D eigenvalue weighted by Crippen LogP contribution is 2.23. The molecule has 0 bridgehead atoms. The third kappa shape index (κ3) is 4.97. The zero-order chi connectivity index (χ0) is 13.7. The van der Waals surface area contributed by atoms with Crippen LogP contribution in [0, 0.1) is 5.92 Å². The average Bonchev–Trinajstić information content (AvgIpc) is 2.41. The summed E-state index contributed by atoms with van der Waals surface area (Å²) in [6.45, 7) is 6.15. The fourth-order valence-corrected chi connectivity index (χ4v) is 2.98. The van der Waals surface area contributed by atoms with Gasteiger partial charge < -0.3 is 4.74 Å². The van der Waals surface area contributed by atoms with Gasteiger partial charge in [-0.3, -0.25) is 4.90 Å².